The van der Waals surface area contributed by atoms with E-state index in [1.807, 2.05) is 6.07 Å². The van der Waals surface area contributed by atoms with Gasteiger partial charge in [-0.25, -0.2) is 0 Å². The molecule has 0 spiro atoms. The van der Waals surface area contributed by atoms with E-state index in [1.54, 1.807) is 0 Å². The molecule has 0 aliphatic heterocycles. The van der Waals surface area contributed by atoms with Gasteiger partial charge in [0.1, 0.15) is 5.75 Å². The van der Waals surface area contributed by atoms with E-state index >= 15 is 0 Å². The molecule has 3 saturated carbocycles. The second-order valence-electron chi connectivity index (χ2n) is 12.0. The quantitative estimate of drug-likeness (QED) is 0.357. The minimum atomic E-state index is 0.300. The Balaban J connectivity index is 1.45. The molecule has 0 heterocycles. The molecular formula is C33H54O4. The Morgan fingerprint density at radius 2 is 0.811 bits per heavy atom. The number of phenols is 1. The van der Waals surface area contributed by atoms with Crippen LogP contribution in [0.3, 0.4) is 0 Å². The van der Waals surface area contributed by atoms with Crippen LogP contribution in [-0.4, -0.2) is 23.4 Å². The van der Waals surface area contributed by atoms with E-state index in [2.05, 4.69) is 6.07 Å². The monoisotopic (exact) mass is 514 g/mol. The van der Waals surface area contributed by atoms with Crippen LogP contribution >= 0.6 is 0 Å². The molecule has 3 fully saturated rings. The average molecular weight is 515 g/mol. The topological polar surface area (TPSA) is 47.9 Å². The summed E-state index contributed by atoms with van der Waals surface area (Å²) in [6, 6.07) is 3.92. The van der Waals surface area contributed by atoms with E-state index in [0.717, 1.165) is 36.8 Å². The van der Waals surface area contributed by atoms with Gasteiger partial charge in [-0.3, -0.25) is 0 Å². The third-order valence-electron chi connectivity index (χ3n) is 9.06. The summed E-state index contributed by atoms with van der Waals surface area (Å²) < 4.78 is 19.6. The fourth-order valence-electron chi connectivity index (χ4n) is 6.57. The first kappa shape index (κ1) is 28.9. The lowest BCUT2D eigenvalue weighted by atomic mass is 9.97. The largest absolute Gasteiger partial charge is 0.508 e. The summed E-state index contributed by atoms with van der Waals surface area (Å²) in [5, 5.41) is 11.0. The van der Waals surface area contributed by atoms with Crippen LogP contribution in [0.25, 0.3) is 0 Å². The van der Waals surface area contributed by atoms with Crippen molar-refractivity contribution < 1.29 is 19.3 Å². The molecule has 1 N–H and O–H groups in total. The first-order chi connectivity index (χ1) is 18.3. The van der Waals surface area contributed by atoms with Gasteiger partial charge in [0.05, 0.1) is 38.1 Å². The molecule has 1 aromatic rings. The number of ether oxygens (including phenoxy) is 3. The van der Waals surface area contributed by atoms with Crippen molar-refractivity contribution in [1.82, 2.24) is 0 Å². The van der Waals surface area contributed by atoms with Crippen LogP contribution in [0.1, 0.15) is 152 Å². The summed E-state index contributed by atoms with van der Waals surface area (Å²) in [5.74, 6) is 0.344. The zero-order valence-electron chi connectivity index (χ0n) is 23.5. The molecule has 0 amide bonds. The Bertz CT molecular complexity index is 739. The molecule has 3 aliphatic carbocycles. The zero-order chi connectivity index (χ0) is 25.5. The van der Waals surface area contributed by atoms with Crippen molar-refractivity contribution >= 4 is 0 Å². The predicted molar refractivity (Wildman–Crippen MR) is 151 cm³/mol. The Labute approximate surface area is 226 Å². The third-order valence-corrected chi connectivity index (χ3v) is 9.06. The first-order valence-corrected chi connectivity index (χ1v) is 16.0. The van der Waals surface area contributed by atoms with Crippen molar-refractivity contribution in [1.29, 1.82) is 0 Å². The smallest absolute Gasteiger partial charge is 0.121 e. The highest BCUT2D eigenvalue weighted by Gasteiger charge is 2.21. The van der Waals surface area contributed by atoms with Gasteiger partial charge in [0.25, 0.3) is 0 Å². The molecule has 4 nitrogen and oxygen atoms in total. The molecule has 4 rings (SSSR count). The zero-order valence-corrected chi connectivity index (χ0v) is 23.5. The lowest BCUT2D eigenvalue weighted by Gasteiger charge is -2.25. The van der Waals surface area contributed by atoms with Crippen molar-refractivity contribution in [2.45, 2.75) is 173 Å². The highest BCUT2D eigenvalue weighted by Crippen LogP contribution is 2.31. The van der Waals surface area contributed by atoms with Gasteiger partial charge in [-0.15, -0.1) is 0 Å². The number of hydrogen-bond acceptors (Lipinski definition) is 4. The lowest BCUT2D eigenvalue weighted by Crippen LogP contribution is -2.19. The van der Waals surface area contributed by atoms with E-state index < -0.39 is 0 Å². The van der Waals surface area contributed by atoms with Crippen molar-refractivity contribution in [2.24, 2.45) is 0 Å². The van der Waals surface area contributed by atoms with Crippen molar-refractivity contribution in [3.05, 3.63) is 28.8 Å². The van der Waals surface area contributed by atoms with Crippen LogP contribution < -0.4 is 0 Å². The van der Waals surface area contributed by atoms with Gasteiger partial charge in [0.2, 0.25) is 0 Å². The van der Waals surface area contributed by atoms with Crippen molar-refractivity contribution in [3.63, 3.8) is 0 Å². The molecule has 1 aromatic carbocycles. The van der Waals surface area contributed by atoms with Gasteiger partial charge in [-0.05, 0) is 55.7 Å². The highest BCUT2D eigenvalue weighted by molar-refractivity contribution is 5.43. The maximum atomic E-state index is 11.0. The highest BCUT2D eigenvalue weighted by atomic mass is 16.5. The summed E-state index contributed by atoms with van der Waals surface area (Å²) in [4.78, 5) is 0. The van der Waals surface area contributed by atoms with E-state index in [-0.39, 0.29) is 0 Å². The van der Waals surface area contributed by atoms with Crippen LogP contribution in [-0.2, 0) is 34.0 Å². The number of benzene rings is 1. The first-order valence-electron chi connectivity index (χ1n) is 16.0. The predicted octanol–water partition coefficient (Wildman–Crippen LogP) is 9.28. The molecule has 0 aromatic heterocycles. The summed E-state index contributed by atoms with van der Waals surface area (Å²) in [6.07, 6.45) is 27.5. The Morgan fingerprint density at radius 1 is 0.459 bits per heavy atom. The molecule has 0 radical (unpaired) electrons. The second-order valence-corrected chi connectivity index (χ2v) is 12.0. The molecule has 0 saturated heterocycles. The summed E-state index contributed by atoms with van der Waals surface area (Å²) in [6.45, 7) is 1.62. The molecule has 3 aliphatic rings. The minimum absolute atomic E-state index is 0.300. The van der Waals surface area contributed by atoms with Crippen molar-refractivity contribution in [2.75, 3.05) is 0 Å². The maximum absolute atomic E-state index is 11.0. The Morgan fingerprint density at radius 3 is 1.24 bits per heavy atom. The summed E-state index contributed by atoms with van der Waals surface area (Å²) >= 11 is 0. The summed E-state index contributed by atoms with van der Waals surface area (Å²) in [5.41, 5.74) is 3.20. The Kier molecular flexibility index (Phi) is 13.1. The molecular weight excluding hydrogens is 460 g/mol. The van der Waals surface area contributed by atoms with Gasteiger partial charge in [0.15, 0.2) is 0 Å². The van der Waals surface area contributed by atoms with Crippen LogP contribution in [0.4, 0.5) is 0 Å². The number of rotatable bonds is 9. The standard InChI is InChI=1S/C33H54O4/c34-33-23-22-27(24-35-28-16-10-4-1-5-11-17-28)31(25-36-29-18-12-6-2-7-13-19-29)32(33)26-37-30-20-14-8-3-9-15-21-30/h22-23,28-30,34H,1-21,24-26H2. The Hall–Kier alpha value is -1.10. The van der Waals surface area contributed by atoms with Crippen LogP contribution in [0.5, 0.6) is 5.75 Å². The van der Waals surface area contributed by atoms with Gasteiger partial charge < -0.3 is 19.3 Å². The van der Waals surface area contributed by atoms with E-state index in [9.17, 15) is 5.11 Å². The van der Waals surface area contributed by atoms with Gasteiger partial charge in [-0.1, -0.05) is 102 Å². The molecule has 37 heavy (non-hydrogen) atoms. The fourth-order valence-corrected chi connectivity index (χ4v) is 6.57. The van der Waals surface area contributed by atoms with Crippen LogP contribution in [0, 0.1) is 0 Å². The van der Waals surface area contributed by atoms with Gasteiger partial charge >= 0.3 is 0 Å². The molecule has 210 valence electrons. The van der Waals surface area contributed by atoms with E-state index in [0.29, 0.717) is 43.9 Å². The molecule has 4 heteroatoms. The number of aromatic hydroxyl groups is 1. The molecule has 0 bridgehead atoms. The minimum Gasteiger partial charge on any atom is -0.508 e. The SMILES string of the molecule is Oc1ccc(COC2CCCCCCC2)c(COC2CCCCCCC2)c1COC1CCCCCCC1. The van der Waals surface area contributed by atoms with Crippen LogP contribution in [0.15, 0.2) is 12.1 Å². The number of hydrogen-bond donors (Lipinski definition) is 1. The third kappa shape index (κ3) is 10.2. The van der Waals surface area contributed by atoms with Gasteiger partial charge in [0, 0.05) is 5.56 Å². The molecule has 0 atom stereocenters. The normalized spacial score (nSPS) is 22.4. The van der Waals surface area contributed by atoms with E-state index in [1.165, 1.54) is 115 Å². The maximum Gasteiger partial charge on any atom is 0.121 e. The van der Waals surface area contributed by atoms with Crippen molar-refractivity contribution in [3.8, 4) is 5.75 Å². The second kappa shape index (κ2) is 16.8. The average Bonchev–Trinajstić information content (AvgIpc) is 2.84. The van der Waals surface area contributed by atoms with Crippen LogP contribution in [0.2, 0.25) is 0 Å². The number of phenolic OH excluding ortho intramolecular Hbond substituents is 1. The van der Waals surface area contributed by atoms with Gasteiger partial charge in [-0.2, -0.15) is 0 Å². The fraction of sp³-hybridized carbons (Fsp3) is 0.818. The van der Waals surface area contributed by atoms with E-state index in [4.69, 9.17) is 14.2 Å². The molecule has 0 unspecified atom stereocenters. The summed E-state index contributed by atoms with van der Waals surface area (Å²) in [7, 11) is 0. The lowest BCUT2D eigenvalue weighted by molar-refractivity contribution is 0.00781.